The van der Waals surface area contributed by atoms with Gasteiger partial charge in [-0.3, -0.25) is 9.88 Å². The quantitative estimate of drug-likeness (QED) is 0.623. The first-order valence-corrected chi connectivity index (χ1v) is 12.4. The van der Waals surface area contributed by atoms with Gasteiger partial charge in [0.2, 0.25) is 0 Å². The van der Waals surface area contributed by atoms with E-state index in [0.717, 1.165) is 56.9 Å². The molecule has 3 aliphatic heterocycles. The molecule has 0 unspecified atom stereocenters. The predicted octanol–water partition coefficient (Wildman–Crippen LogP) is 2.33. The third kappa shape index (κ3) is 5.68. The summed E-state index contributed by atoms with van der Waals surface area (Å²) >= 11 is 0. The number of aromatic nitrogens is 1. The van der Waals surface area contributed by atoms with Crippen LogP contribution in [-0.4, -0.2) is 88.9 Å². The maximum absolute atomic E-state index is 12.9. The van der Waals surface area contributed by atoms with Crippen molar-refractivity contribution in [2.45, 2.75) is 44.5 Å². The standard InChI is InChI=1S/C26H35N5O3/c32-25(18-29-10-7-20-3-1-2-4-21(20)16-29)19-31-12-11-30(26(31)33)17-24-6-5-23(15-27-24)28-22-8-13-34-14-9-22/h1-6,15,22,25,28,32H,7-14,16-19H2/t25-/m1/s1. The summed E-state index contributed by atoms with van der Waals surface area (Å²) in [6.07, 6.45) is 4.33. The molecule has 2 saturated heterocycles. The van der Waals surface area contributed by atoms with Gasteiger partial charge in [-0.05, 0) is 42.5 Å². The highest BCUT2D eigenvalue weighted by Crippen LogP contribution is 2.20. The number of nitrogens with zero attached hydrogens (tertiary/aromatic N) is 4. The lowest BCUT2D eigenvalue weighted by molar-refractivity contribution is 0.0811. The molecule has 5 rings (SSSR count). The summed E-state index contributed by atoms with van der Waals surface area (Å²) in [5, 5.41) is 14.2. The molecule has 0 aliphatic carbocycles. The number of aliphatic hydroxyl groups is 1. The molecule has 0 bridgehead atoms. The molecule has 8 nitrogen and oxygen atoms in total. The number of carbonyl (C=O) groups is 1. The summed E-state index contributed by atoms with van der Waals surface area (Å²) in [4.78, 5) is 23.3. The minimum absolute atomic E-state index is 0.0192. The van der Waals surface area contributed by atoms with Crippen LogP contribution in [0, 0.1) is 0 Å². The van der Waals surface area contributed by atoms with Crippen LogP contribution >= 0.6 is 0 Å². The SMILES string of the molecule is O=C1N(Cc2ccc(NC3CCOCC3)cn2)CCN1C[C@H](O)CN1CCc2ccccc2C1. The Morgan fingerprint density at radius 2 is 1.82 bits per heavy atom. The Kier molecular flexibility index (Phi) is 7.27. The normalized spacial score (nSPS) is 20.4. The second-order valence-corrected chi connectivity index (χ2v) is 9.63. The molecule has 182 valence electrons. The van der Waals surface area contributed by atoms with Gasteiger partial charge in [0.1, 0.15) is 0 Å². The number of nitrogens with one attached hydrogen (secondary N) is 1. The van der Waals surface area contributed by atoms with Gasteiger partial charge in [-0.2, -0.15) is 0 Å². The largest absolute Gasteiger partial charge is 0.390 e. The van der Waals surface area contributed by atoms with E-state index in [1.54, 1.807) is 4.90 Å². The zero-order chi connectivity index (χ0) is 23.3. The van der Waals surface area contributed by atoms with Crippen LogP contribution < -0.4 is 5.32 Å². The first kappa shape index (κ1) is 23.1. The van der Waals surface area contributed by atoms with Crippen molar-refractivity contribution in [2.75, 3.05) is 51.3 Å². The molecule has 3 aliphatic rings. The molecule has 1 aromatic carbocycles. The molecule has 2 aromatic rings. The van der Waals surface area contributed by atoms with Crippen LogP contribution in [0.3, 0.4) is 0 Å². The van der Waals surface area contributed by atoms with E-state index in [-0.39, 0.29) is 6.03 Å². The van der Waals surface area contributed by atoms with E-state index in [1.165, 1.54) is 11.1 Å². The van der Waals surface area contributed by atoms with Gasteiger partial charge in [0.25, 0.3) is 0 Å². The van der Waals surface area contributed by atoms with Gasteiger partial charge in [0.05, 0.1) is 30.2 Å². The molecule has 4 heterocycles. The Morgan fingerprint density at radius 3 is 2.62 bits per heavy atom. The second kappa shape index (κ2) is 10.7. The van der Waals surface area contributed by atoms with Gasteiger partial charge in [0, 0.05) is 58.5 Å². The summed E-state index contributed by atoms with van der Waals surface area (Å²) in [7, 11) is 0. The lowest BCUT2D eigenvalue weighted by Gasteiger charge is -2.31. The number of aliphatic hydroxyl groups excluding tert-OH is 1. The first-order valence-electron chi connectivity index (χ1n) is 12.4. The van der Waals surface area contributed by atoms with Crippen LogP contribution in [0.5, 0.6) is 0 Å². The van der Waals surface area contributed by atoms with Crippen molar-refractivity contribution in [3.63, 3.8) is 0 Å². The third-order valence-electron chi connectivity index (χ3n) is 7.06. The zero-order valence-electron chi connectivity index (χ0n) is 19.7. The molecule has 8 heteroatoms. The van der Waals surface area contributed by atoms with Gasteiger partial charge in [0.15, 0.2) is 0 Å². The highest BCUT2D eigenvalue weighted by atomic mass is 16.5. The minimum atomic E-state index is -0.553. The van der Waals surface area contributed by atoms with Gasteiger partial charge >= 0.3 is 6.03 Å². The Hall–Kier alpha value is -2.68. The Morgan fingerprint density at radius 1 is 1.03 bits per heavy atom. The molecule has 2 amide bonds. The monoisotopic (exact) mass is 465 g/mol. The van der Waals surface area contributed by atoms with E-state index in [1.807, 2.05) is 23.2 Å². The van der Waals surface area contributed by atoms with E-state index in [9.17, 15) is 9.90 Å². The Labute approximate surface area is 201 Å². The lowest BCUT2D eigenvalue weighted by atomic mass is 10.00. The number of hydrogen-bond acceptors (Lipinski definition) is 6. The molecular formula is C26H35N5O3. The summed E-state index contributed by atoms with van der Waals surface area (Å²) in [5.74, 6) is 0. The average Bonchev–Trinajstić information content (AvgIpc) is 3.19. The first-order chi connectivity index (χ1) is 16.6. The zero-order valence-corrected chi connectivity index (χ0v) is 19.7. The van der Waals surface area contributed by atoms with Crippen molar-refractivity contribution in [3.8, 4) is 0 Å². The maximum Gasteiger partial charge on any atom is 0.320 e. The maximum atomic E-state index is 12.9. The Bertz CT molecular complexity index is 963. The molecule has 1 aromatic heterocycles. The molecule has 0 saturated carbocycles. The van der Waals surface area contributed by atoms with E-state index in [2.05, 4.69) is 39.5 Å². The van der Waals surface area contributed by atoms with Crippen LogP contribution in [0.4, 0.5) is 10.5 Å². The van der Waals surface area contributed by atoms with Crippen LogP contribution in [-0.2, 0) is 24.2 Å². The van der Waals surface area contributed by atoms with Crippen molar-refractivity contribution in [2.24, 2.45) is 0 Å². The Balaban J connectivity index is 1.08. The predicted molar refractivity (Wildman–Crippen MR) is 131 cm³/mol. The van der Waals surface area contributed by atoms with Gasteiger partial charge in [-0.1, -0.05) is 24.3 Å². The minimum Gasteiger partial charge on any atom is -0.390 e. The van der Waals surface area contributed by atoms with Gasteiger partial charge < -0.3 is 25.0 Å². The van der Waals surface area contributed by atoms with Crippen molar-refractivity contribution in [1.82, 2.24) is 19.7 Å². The fourth-order valence-corrected chi connectivity index (χ4v) is 5.15. The van der Waals surface area contributed by atoms with E-state index in [0.29, 0.717) is 38.8 Å². The number of β-amino-alcohol motifs (C(OH)–C–C–N with tert-alkyl or cyclic N) is 1. The summed E-state index contributed by atoms with van der Waals surface area (Å²) in [5.41, 5.74) is 4.62. The summed E-state index contributed by atoms with van der Waals surface area (Å²) in [6, 6.07) is 12.9. The molecule has 2 N–H and O–H groups in total. The number of amides is 2. The van der Waals surface area contributed by atoms with Gasteiger partial charge in [-0.15, -0.1) is 0 Å². The highest BCUT2D eigenvalue weighted by molar-refractivity contribution is 5.76. The fraction of sp³-hybridized carbons (Fsp3) is 0.538. The number of anilines is 1. The number of ether oxygens (including phenoxy) is 1. The number of rotatable bonds is 8. The lowest BCUT2D eigenvalue weighted by Crippen LogP contribution is -2.43. The summed E-state index contributed by atoms with van der Waals surface area (Å²) < 4.78 is 5.41. The average molecular weight is 466 g/mol. The third-order valence-corrected chi connectivity index (χ3v) is 7.06. The van der Waals surface area contributed by atoms with Crippen molar-refractivity contribution in [3.05, 3.63) is 59.4 Å². The number of hydrogen-bond donors (Lipinski definition) is 2. The molecule has 1 atom stereocenters. The van der Waals surface area contributed by atoms with Crippen molar-refractivity contribution < 1.29 is 14.6 Å². The number of urea groups is 1. The van der Waals surface area contributed by atoms with E-state index < -0.39 is 6.10 Å². The van der Waals surface area contributed by atoms with Crippen LogP contribution in [0.1, 0.15) is 29.7 Å². The fourth-order valence-electron chi connectivity index (χ4n) is 5.15. The van der Waals surface area contributed by atoms with Crippen LogP contribution in [0.25, 0.3) is 0 Å². The smallest absolute Gasteiger partial charge is 0.320 e. The summed E-state index contributed by atoms with van der Waals surface area (Å²) in [6.45, 7) is 6.16. The number of benzene rings is 1. The van der Waals surface area contributed by atoms with E-state index in [4.69, 9.17) is 4.74 Å². The molecule has 2 fully saturated rings. The van der Waals surface area contributed by atoms with Crippen molar-refractivity contribution >= 4 is 11.7 Å². The molecule has 0 radical (unpaired) electrons. The molecule has 0 spiro atoms. The molecular weight excluding hydrogens is 430 g/mol. The van der Waals surface area contributed by atoms with E-state index >= 15 is 0 Å². The topological polar surface area (TPSA) is 81.2 Å². The molecule has 34 heavy (non-hydrogen) atoms. The number of fused-ring (bicyclic) bond motifs is 1. The number of carbonyl (C=O) groups excluding carboxylic acids is 1. The van der Waals surface area contributed by atoms with Crippen LogP contribution in [0.15, 0.2) is 42.6 Å². The number of pyridine rings is 1. The second-order valence-electron chi connectivity index (χ2n) is 9.63. The van der Waals surface area contributed by atoms with Crippen molar-refractivity contribution in [1.29, 1.82) is 0 Å². The van der Waals surface area contributed by atoms with Crippen LogP contribution in [0.2, 0.25) is 0 Å². The highest BCUT2D eigenvalue weighted by Gasteiger charge is 2.30. The van der Waals surface area contributed by atoms with Gasteiger partial charge in [-0.25, -0.2) is 4.79 Å².